The van der Waals surface area contributed by atoms with Gasteiger partial charge >= 0.3 is 6.03 Å². The maximum Gasteiger partial charge on any atom is 0.316 e. The number of nitrogens with one attached hydrogen (secondary N) is 1. The number of hydrogen-bond acceptors (Lipinski definition) is 2. The monoisotopic (exact) mass is 337 g/mol. The number of likely N-dealkylation sites (tertiary alicyclic amines) is 1. The Balaban J connectivity index is 1.67. The number of urea groups is 1. The molecule has 1 atom stereocenters. The number of aryl methyl sites for hydroxylation is 1. The first-order chi connectivity index (χ1) is 12.1. The second-order valence-electron chi connectivity index (χ2n) is 7.02. The van der Waals surface area contributed by atoms with Crippen LogP contribution in [0.5, 0.6) is 0 Å². The molecular weight excluding hydrogens is 310 g/mol. The van der Waals surface area contributed by atoms with Gasteiger partial charge in [-0.1, -0.05) is 42.5 Å². The van der Waals surface area contributed by atoms with Gasteiger partial charge in [-0.05, 0) is 61.4 Å². The van der Waals surface area contributed by atoms with Crippen LogP contribution in [-0.2, 0) is 13.0 Å². The number of rotatable bonds is 5. The number of amides is 2. The van der Waals surface area contributed by atoms with Crippen LogP contribution in [0.2, 0.25) is 0 Å². The molecule has 1 saturated heterocycles. The minimum absolute atomic E-state index is 0.507. The maximum absolute atomic E-state index is 11.3. The van der Waals surface area contributed by atoms with Crippen LogP contribution in [0.3, 0.4) is 0 Å². The fourth-order valence-corrected chi connectivity index (χ4v) is 3.79. The van der Waals surface area contributed by atoms with Crippen molar-refractivity contribution in [3.05, 3.63) is 65.2 Å². The third kappa shape index (κ3) is 4.83. The maximum atomic E-state index is 11.3. The lowest BCUT2D eigenvalue weighted by Gasteiger charge is -2.33. The highest BCUT2D eigenvalue weighted by molar-refractivity contribution is 5.88. The Morgan fingerprint density at radius 3 is 2.76 bits per heavy atom. The van der Waals surface area contributed by atoms with Crippen LogP contribution in [0, 0.1) is 12.8 Å². The van der Waals surface area contributed by atoms with E-state index in [0.717, 1.165) is 31.7 Å². The molecule has 2 amide bonds. The van der Waals surface area contributed by atoms with Gasteiger partial charge < -0.3 is 11.1 Å². The molecule has 0 bridgehead atoms. The molecule has 1 fully saturated rings. The lowest BCUT2D eigenvalue weighted by Crippen LogP contribution is -2.36. The van der Waals surface area contributed by atoms with E-state index in [0.29, 0.717) is 5.92 Å². The van der Waals surface area contributed by atoms with E-state index < -0.39 is 6.03 Å². The second-order valence-corrected chi connectivity index (χ2v) is 7.02. The first-order valence-corrected chi connectivity index (χ1v) is 9.03. The van der Waals surface area contributed by atoms with Gasteiger partial charge in [0.2, 0.25) is 0 Å². The Morgan fingerprint density at radius 2 is 2.00 bits per heavy atom. The van der Waals surface area contributed by atoms with E-state index in [1.54, 1.807) is 0 Å². The van der Waals surface area contributed by atoms with Gasteiger partial charge in [-0.25, -0.2) is 4.79 Å². The highest BCUT2D eigenvalue weighted by Gasteiger charge is 2.21. The highest BCUT2D eigenvalue weighted by atomic mass is 16.2. The summed E-state index contributed by atoms with van der Waals surface area (Å²) in [5, 5.41) is 2.77. The molecule has 3 rings (SSSR count). The molecule has 2 aromatic carbocycles. The predicted octanol–water partition coefficient (Wildman–Crippen LogP) is 3.94. The molecule has 4 nitrogen and oxygen atoms in total. The molecular formula is C21H27N3O. The zero-order chi connectivity index (χ0) is 17.6. The molecule has 1 unspecified atom stereocenters. The highest BCUT2D eigenvalue weighted by Crippen LogP contribution is 2.26. The molecule has 132 valence electrons. The summed E-state index contributed by atoms with van der Waals surface area (Å²) in [6.45, 7) is 5.15. The van der Waals surface area contributed by atoms with Gasteiger partial charge in [0.1, 0.15) is 0 Å². The molecule has 0 aromatic heterocycles. The second kappa shape index (κ2) is 8.17. The average molecular weight is 337 g/mol. The quantitative estimate of drug-likeness (QED) is 0.868. The van der Waals surface area contributed by atoms with Gasteiger partial charge in [-0.2, -0.15) is 0 Å². The Hall–Kier alpha value is -2.33. The lowest BCUT2D eigenvalue weighted by atomic mass is 9.91. The van der Waals surface area contributed by atoms with Crippen LogP contribution in [-0.4, -0.2) is 24.0 Å². The predicted molar refractivity (Wildman–Crippen MR) is 103 cm³/mol. The van der Waals surface area contributed by atoms with Gasteiger partial charge in [0.05, 0.1) is 0 Å². The minimum Gasteiger partial charge on any atom is -0.351 e. The van der Waals surface area contributed by atoms with E-state index in [-0.39, 0.29) is 0 Å². The van der Waals surface area contributed by atoms with Crippen molar-refractivity contribution in [1.82, 2.24) is 4.90 Å². The number of benzene rings is 2. The molecule has 1 aliphatic heterocycles. The normalized spacial score (nSPS) is 18.0. The zero-order valence-electron chi connectivity index (χ0n) is 14.9. The van der Waals surface area contributed by atoms with Crippen molar-refractivity contribution in [2.45, 2.75) is 32.7 Å². The Bertz CT molecular complexity index is 714. The van der Waals surface area contributed by atoms with Crippen molar-refractivity contribution >= 4 is 11.7 Å². The third-order valence-corrected chi connectivity index (χ3v) is 5.02. The fourth-order valence-electron chi connectivity index (χ4n) is 3.79. The lowest BCUT2D eigenvalue weighted by molar-refractivity contribution is 0.167. The van der Waals surface area contributed by atoms with Crippen molar-refractivity contribution in [3.63, 3.8) is 0 Å². The summed E-state index contributed by atoms with van der Waals surface area (Å²) in [6, 6.07) is 16.2. The summed E-state index contributed by atoms with van der Waals surface area (Å²) in [5.41, 5.74) is 9.93. The van der Waals surface area contributed by atoms with Gasteiger partial charge in [0, 0.05) is 18.8 Å². The number of hydrogen-bond donors (Lipinski definition) is 2. The van der Waals surface area contributed by atoms with Crippen molar-refractivity contribution in [2.75, 3.05) is 18.4 Å². The standard InChI is InChI=1S/C21H27N3O/c1-16-7-5-11-20(23-21(22)25)19(16)15-24-12-6-10-18(14-24)13-17-8-3-2-4-9-17/h2-5,7-9,11,18H,6,10,12-15H2,1H3,(H3,22,23,25). The summed E-state index contributed by atoms with van der Waals surface area (Å²) in [6.07, 6.45) is 3.64. The van der Waals surface area contributed by atoms with Gasteiger partial charge in [0.25, 0.3) is 0 Å². The number of primary amides is 1. The molecule has 2 aromatic rings. The molecule has 4 heteroatoms. The number of nitrogens with zero attached hydrogens (tertiary/aromatic N) is 1. The van der Waals surface area contributed by atoms with E-state index in [2.05, 4.69) is 53.5 Å². The minimum atomic E-state index is -0.507. The third-order valence-electron chi connectivity index (χ3n) is 5.02. The summed E-state index contributed by atoms with van der Waals surface area (Å²) in [7, 11) is 0. The summed E-state index contributed by atoms with van der Waals surface area (Å²) < 4.78 is 0. The molecule has 1 aliphatic rings. The topological polar surface area (TPSA) is 58.4 Å². The molecule has 1 heterocycles. The number of carbonyl (C=O) groups excluding carboxylic acids is 1. The van der Waals surface area contributed by atoms with Gasteiger partial charge in [-0.15, -0.1) is 0 Å². The largest absolute Gasteiger partial charge is 0.351 e. The van der Waals surface area contributed by atoms with E-state index in [4.69, 9.17) is 5.73 Å². The average Bonchev–Trinajstić information content (AvgIpc) is 2.59. The summed E-state index contributed by atoms with van der Waals surface area (Å²) in [5.74, 6) is 0.688. The van der Waals surface area contributed by atoms with Crippen molar-refractivity contribution in [2.24, 2.45) is 11.7 Å². The smallest absolute Gasteiger partial charge is 0.316 e. The van der Waals surface area contributed by atoms with Crippen LogP contribution >= 0.6 is 0 Å². The number of anilines is 1. The number of piperidine rings is 1. The van der Waals surface area contributed by atoms with Crippen molar-refractivity contribution in [1.29, 1.82) is 0 Å². The van der Waals surface area contributed by atoms with Crippen molar-refractivity contribution < 1.29 is 4.79 Å². The van der Waals surface area contributed by atoms with Crippen LogP contribution in [0.4, 0.5) is 10.5 Å². The number of carbonyl (C=O) groups is 1. The molecule has 0 saturated carbocycles. The first kappa shape index (κ1) is 17.5. The molecule has 25 heavy (non-hydrogen) atoms. The summed E-state index contributed by atoms with van der Waals surface area (Å²) >= 11 is 0. The zero-order valence-corrected chi connectivity index (χ0v) is 14.9. The molecule has 0 radical (unpaired) electrons. The SMILES string of the molecule is Cc1cccc(NC(N)=O)c1CN1CCCC(Cc2ccccc2)C1. The summed E-state index contributed by atoms with van der Waals surface area (Å²) in [4.78, 5) is 13.8. The molecule has 0 spiro atoms. The van der Waals surface area contributed by atoms with Crippen LogP contribution in [0.15, 0.2) is 48.5 Å². The number of nitrogens with two attached hydrogens (primary N) is 1. The van der Waals surface area contributed by atoms with Crippen LogP contribution < -0.4 is 11.1 Å². The Kier molecular flexibility index (Phi) is 5.71. The molecule has 3 N–H and O–H groups in total. The molecule has 0 aliphatic carbocycles. The van der Waals surface area contributed by atoms with E-state index in [1.807, 2.05) is 12.1 Å². The van der Waals surface area contributed by atoms with Crippen molar-refractivity contribution in [3.8, 4) is 0 Å². The van der Waals surface area contributed by atoms with E-state index in [1.165, 1.54) is 29.5 Å². The van der Waals surface area contributed by atoms with Gasteiger partial charge in [0.15, 0.2) is 0 Å². The van der Waals surface area contributed by atoms with E-state index >= 15 is 0 Å². The van der Waals surface area contributed by atoms with Gasteiger partial charge in [-0.3, -0.25) is 4.90 Å². The first-order valence-electron chi connectivity index (χ1n) is 9.03. The Labute approximate surface area is 150 Å². The van der Waals surface area contributed by atoms with Crippen LogP contribution in [0.25, 0.3) is 0 Å². The Morgan fingerprint density at radius 1 is 1.20 bits per heavy atom. The fraction of sp³-hybridized carbons (Fsp3) is 0.381. The van der Waals surface area contributed by atoms with E-state index in [9.17, 15) is 4.79 Å². The van der Waals surface area contributed by atoms with Crippen LogP contribution in [0.1, 0.15) is 29.5 Å².